The Morgan fingerprint density at radius 1 is 1.06 bits per heavy atom. The number of nitro benzene ring substituents is 1. The topological polar surface area (TPSA) is 146 Å². The molecule has 2 aromatic carbocycles. The zero-order chi connectivity index (χ0) is 23.8. The van der Waals surface area contributed by atoms with E-state index in [2.05, 4.69) is 20.8 Å². The van der Waals surface area contributed by atoms with Crippen molar-refractivity contribution in [2.45, 2.75) is 10.8 Å². The van der Waals surface area contributed by atoms with Crippen LogP contribution in [0.5, 0.6) is 11.5 Å². The lowest BCUT2D eigenvalue weighted by Gasteiger charge is -2.09. The van der Waals surface area contributed by atoms with Crippen LogP contribution in [0.4, 0.5) is 16.5 Å². The summed E-state index contributed by atoms with van der Waals surface area (Å²) in [5.74, 6) is 0.493. The number of rotatable bonds is 10. The lowest BCUT2D eigenvalue weighted by Crippen LogP contribution is -2.14. The summed E-state index contributed by atoms with van der Waals surface area (Å²) in [7, 11) is 3.05. The van der Waals surface area contributed by atoms with Gasteiger partial charge in [0.1, 0.15) is 0 Å². The van der Waals surface area contributed by atoms with E-state index in [-0.39, 0.29) is 29.7 Å². The molecule has 3 rings (SSSR count). The Morgan fingerprint density at radius 2 is 1.85 bits per heavy atom. The van der Waals surface area contributed by atoms with Crippen LogP contribution in [0, 0.1) is 10.1 Å². The number of carbonyl (C=O) groups is 2. The second-order valence-electron chi connectivity index (χ2n) is 6.43. The van der Waals surface area contributed by atoms with Crippen LogP contribution in [-0.2, 0) is 16.0 Å². The van der Waals surface area contributed by atoms with Crippen LogP contribution in [0.3, 0.4) is 0 Å². The fourth-order valence-corrected chi connectivity index (χ4v) is 4.25. The van der Waals surface area contributed by atoms with Gasteiger partial charge < -0.3 is 20.1 Å². The van der Waals surface area contributed by atoms with Gasteiger partial charge in [0, 0.05) is 17.8 Å². The third-order valence-corrected chi connectivity index (χ3v) is 6.10. The van der Waals surface area contributed by atoms with Gasteiger partial charge in [-0.2, -0.15) is 0 Å². The zero-order valence-corrected chi connectivity index (χ0v) is 19.2. The Labute approximate surface area is 196 Å². The number of thioether (sulfide) groups is 1. The van der Waals surface area contributed by atoms with E-state index >= 15 is 0 Å². The zero-order valence-electron chi connectivity index (χ0n) is 17.6. The molecule has 0 spiro atoms. The number of benzene rings is 2. The highest BCUT2D eigenvalue weighted by Gasteiger charge is 2.13. The molecule has 0 bridgehead atoms. The van der Waals surface area contributed by atoms with E-state index in [4.69, 9.17) is 9.47 Å². The average Bonchev–Trinajstić information content (AvgIpc) is 3.24. The van der Waals surface area contributed by atoms with E-state index in [9.17, 15) is 19.7 Å². The van der Waals surface area contributed by atoms with Crippen LogP contribution < -0.4 is 20.1 Å². The quantitative estimate of drug-likeness (QED) is 0.189. The summed E-state index contributed by atoms with van der Waals surface area (Å²) < 4.78 is 10.9. The van der Waals surface area contributed by atoms with Crippen LogP contribution in [0.2, 0.25) is 0 Å². The first-order valence-corrected chi connectivity index (χ1v) is 11.2. The SMILES string of the molecule is COc1ccc(CC(=O)Nc2nnc(SCC(=O)Nc3cccc([N+](=O)[O-])c3)s2)cc1OC. The van der Waals surface area contributed by atoms with Crippen molar-refractivity contribution in [3.63, 3.8) is 0 Å². The number of non-ortho nitro benzene ring substituents is 1. The van der Waals surface area contributed by atoms with Gasteiger partial charge in [-0.1, -0.05) is 35.2 Å². The first kappa shape index (κ1) is 23.9. The lowest BCUT2D eigenvalue weighted by atomic mass is 10.1. The van der Waals surface area contributed by atoms with Crippen LogP contribution in [0.25, 0.3) is 0 Å². The highest BCUT2D eigenvalue weighted by molar-refractivity contribution is 8.01. The number of nitrogens with zero attached hydrogens (tertiary/aromatic N) is 3. The average molecular weight is 490 g/mol. The predicted octanol–water partition coefficient (Wildman–Crippen LogP) is 3.38. The van der Waals surface area contributed by atoms with Gasteiger partial charge in [0.05, 0.1) is 31.3 Å². The molecule has 0 saturated heterocycles. The number of ether oxygens (including phenoxy) is 2. The smallest absolute Gasteiger partial charge is 0.271 e. The Morgan fingerprint density at radius 3 is 2.58 bits per heavy atom. The molecule has 0 saturated carbocycles. The van der Waals surface area contributed by atoms with Crippen molar-refractivity contribution in [2.75, 3.05) is 30.6 Å². The van der Waals surface area contributed by atoms with Gasteiger partial charge in [-0.15, -0.1) is 10.2 Å². The van der Waals surface area contributed by atoms with E-state index < -0.39 is 4.92 Å². The molecule has 0 aliphatic rings. The summed E-state index contributed by atoms with van der Waals surface area (Å²) in [6, 6.07) is 10.9. The van der Waals surface area contributed by atoms with Gasteiger partial charge in [0.25, 0.3) is 5.69 Å². The van der Waals surface area contributed by atoms with Gasteiger partial charge in [0.15, 0.2) is 15.8 Å². The standard InChI is InChI=1S/C20H19N5O6S2/c1-30-15-7-6-12(8-16(15)31-2)9-17(26)22-19-23-24-20(33-19)32-11-18(27)21-13-4-3-5-14(10-13)25(28)29/h3-8,10H,9,11H2,1-2H3,(H,21,27)(H,22,23,26). The molecule has 2 N–H and O–H groups in total. The van der Waals surface area contributed by atoms with Crippen molar-refractivity contribution in [3.8, 4) is 11.5 Å². The number of amides is 2. The van der Waals surface area contributed by atoms with Gasteiger partial charge in [-0.3, -0.25) is 19.7 Å². The van der Waals surface area contributed by atoms with E-state index in [0.29, 0.717) is 26.7 Å². The van der Waals surface area contributed by atoms with Crippen molar-refractivity contribution in [1.29, 1.82) is 0 Å². The second-order valence-corrected chi connectivity index (χ2v) is 8.63. The molecule has 1 aromatic heterocycles. The Hall–Kier alpha value is -3.71. The Bertz CT molecular complexity index is 1170. The van der Waals surface area contributed by atoms with Crippen molar-refractivity contribution < 1.29 is 24.0 Å². The monoisotopic (exact) mass is 489 g/mol. The number of aromatic nitrogens is 2. The molecule has 2 amide bonds. The third kappa shape index (κ3) is 6.89. The molecule has 172 valence electrons. The molecule has 1 heterocycles. The largest absolute Gasteiger partial charge is 0.493 e. The number of hydrogen-bond donors (Lipinski definition) is 2. The van der Waals surface area contributed by atoms with Crippen molar-refractivity contribution >= 4 is 51.4 Å². The molecular formula is C20H19N5O6S2. The molecule has 0 atom stereocenters. The van der Waals surface area contributed by atoms with Gasteiger partial charge >= 0.3 is 0 Å². The summed E-state index contributed by atoms with van der Waals surface area (Å²) in [5, 5.41) is 24.3. The highest BCUT2D eigenvalue weighted by atomic mass is 32.2. The molecule has 0 radical (unpaired) electrons. The molecule has 0 aliphatic heterocycles. The highest BCUT2D eigenvalue weighted by Crippen LogP contribution is 2.29. The molecule has 0 fully saturated rings. The normalized spacial score (nSPS) is 10.4. The number of anilines is 2. The second kappa shape index (κ2) is 11.2. The summed E-state index contributed by atoms with van der Waals surface area (Å²) in [5.41, 5.74) is 0.954. The Kier molecular flexibility index (Phi) is 8.16. The number of nitrogens with one attached hydrogen (secondary N) is 2. The number of hydrogen-bond acceptors (Lipinski definition) is 10. The summed E-state index contributed by atoms with van der Waals surface area (Å²) in [6.45, 7) is 0. The fraction of sp³-hybridized carbons (Fsp3) is 0.200. The summed E-state index contributed by atoms with van der Waals surface area (Å²) >= 11 is 2.27. The predicted molar refractivity (Wildman–Crippen MR) is 124 cm³/mol. The summed E-state index contributed by atoms with van der Waals surface area (Å²) in [6.07, 6.45) is 0.105. The number of methoxy groups -OCH3 is 2. The number of carbonyl (C=O) groups excluding carboxylic acids is 2. The first-order chi connectivity index (χ1) is 15.9. The van der Waals surface area contributed by atoms with Crippen molar-refractivity contribution in [1.82, 2.24) is 10.2 Å². The van der Waals surface area contributed by atoms with Gasteiger partial charge in [-0.25, -0.2) is 0 Å². The summed E-state index contributed by atoms with van der Waals surface area (Å²) in [4.78, 5) is 34.7. The molecule has 0 aliphatic carbocycles. The number of nitro groups is 1. The molecule has 3 aromatic rings. The van der Waals surface area contributed by atoms with Gasteiger partial charge in [-0.05, 0) is 23.8 Å². The van der Waals surface area contributed by atoms with Crippen molar-refractivity contribution in [2.24, 2.45) is 0 Å². The van der Waals surface area contributed by atoms with Crippen LogP contribution in [-0.4, -0.2) is 46.9 Å². The van der Waals surface area contributed by atoms with E-state index in [1.807, 2.05) is 0 Å². The van der Waals surface area contributed by atoms with E-state index in [1.165, 1.54) is 32.4 Å². The fourth-order valence-electron chi connectivity index (χ4n) is 2.68. The van der Waals surface area contributed by atoms with Crippen LogP contribution in [0.15, 0.2) is 46.8 Å². The minimum atomic E-state index is -0.535. The molecular weight excluding hydrogens is 470 g/mol. The van der Waals surface area contributed by atoms with Gasteiger partial charge in [0.2, 0.25) is 16.9 Å². The van der Waals surface area contributed by atoms with E-state index in [1.54, 1.807) is 24.3 Å². The van der Waals surface area contributed by atoms with Crippen molar-refractivity contribution in [3.05, 3.63) is 58.1 Å². The Balaban J connectivity index is 1.49. The lowest BCUT2D eigenvalue weighted by molar-refractivity contribution is -0.384. The maximum absolute atomic E-state index is 12.3. The third-order valence-electron chi connectivity index (χ3n) is 4.13. The maximum atomic E-state index is 12.3. The maximum Gasteiger partial charge on any atom is 0.271 e. The molecule has 0 unspecified atom stereocenters. The molecule has 11 nitrogen and oxygen atoms in total. The molecule has 33 heavy (non-hydrogen) atoms. The first-order valence-electron chi connectivity index (χ1n) is 9.39. The van der Waals surface area contributed by atoms with E-state index in [0.717, 1.165) is 28.7 Å². The minimum absolute atomic E-state index is 0.0247. The molecule has 13 heteroatoms. The minimum Gasteiger partial charge on any atom is -0.493 e. The van der Waals surface area contributed by atoms with Crippen LogP contribution >= 0.6 is 23.1 Å². The van der Waals surface area contributed by atoms with Crippen LogP contribution in [0.1, 0.15) is 5.56 Å².